The number of anilines is 2. The highest BCUT2D eigenvalue weighted by Crippen LogP contribution is 2.33. The van der Waals surface area contributed by atoms with Gasteiger partial charge in [-0.05, 0) is 30.5 Å². The normalized spacial score (nSPS) is 19.8. The SMILES string of the molecule is Nc1cc2c(cc1Cl)N(CC(O)C(O)C(O)C(O)CO)CCC2. The molecule has 1 aromatic rings. The second kappa shape index (κ2) is 7.65. The summed E-state index contributed by atoms with van der Waals surface area (Å²) in [5, 5.41) is 48.3. The van der Waals surface area contributed by atoms with Crippen LogP contribution in [0.15, 0.2) is 12.1 Å². The van der Waals surface area contributed by atoms with Gasteiger partial charge in [-0.15, -0.1) is 0 Å². The van der Waals surface area contributed by atoms with E-state index in [0.717, 1.165) is 24.1 Å². The van der Waals surface area contributed by atoms with Crippen LogP contribution in [0.25, 0.3) is 0 Å². The number of nitrogens with two attached hydrogens (primary N) is 1. The maximum atomic E-state index is 10.1. The van der Waals surface area contributed by atoms with Crippen molar-refractivity contribution in [3.63, 3.8) is 0 Å². The second-order valence-electron chi connectivity index (χ2n) is 5.85. The van der Waals surface area contributed by atoms with E-state index in [1.165, 1.54) is 0 Å². The first-order valence-corrected chi connectivity index (χ1v) is 7.89. The van der Waals surface area contributed by atoms with Gasteiger partial charge in [0.25, 0.3) is 0 Å². The van der Waals surface area contributed by atoms with Gasteiger partial charge in [-0.3, -0.25) is 0 Å². The van der Waals surface area contributed by atoms with Gasteiger partial charge in [-0.2, -0.15) is 0 Å². The summed E-state index contributed by atoms with van der Waals surface area (Å²) in [7, 11) is 0. The first-order valence-electron chi connectivity index (χ1n) is 7.51. The van der Waals surface area contributed by atoms with Gasteiger partial charge < -0.3 is 36.2 Å². The van der Waals surface area contributed by atoms with E-state index in [1.54, 1.807) is 12.1 Å². The molecule has 1 aliphatic heterocycles. The van der Waals surface area contributed by atoms with Gasteiger partial charge in [0, 0.05) is 18.8 Å². The molecule has 0 bridgehead atoms. The number of fused-ring (bicyclic) bond motifs is 1. The summed E-state index contributed by atoms with van der Waals surface area (Å²) in [5.74, 6) is 0. The molecular weight excluding hydrogens is 324 g/mol. The molecule has 1 aliphatic rings. The van der Waals surface area contributed by atoms with Crippen LogP contribution in [0.1, 0.15) is 12.0 Å². The molecule has 1 aromatic carbocycles. The van der Waals surface area contributed by atoms with Crippen molar-refractivity contribution >= 4 is 23.0 Å². The number of rotatable bonds is 6. The lowest BCUT2D eigenvalue weighted by Crippen LogP contribution is -2.50. The Hall–Kier alpha value is -1.09. The fraction of sp³-hybridized carbons (Fsp3) is 0.600. The summed E-state index contributed by atoms with van der Waals surface area (Å²) in [6.45, 7) is 0.0195. The third-order valence-corrected chi connectivity index (χ3v) is 4.47. The molecule has 1 heterocycles. The maximum absolute atomic E-state index is 10.1. The largest absolute Gasteiger partial charge is 0.398 e. The van der Waals surface area contributed by atoms with Crippen LogP contribution in [0.5, 0.6) is 0 Å². The molecule has 0 spiro atoms. The van der Waals surface area contributed by atoms with E-state index < -0.39 is 31.0 Å². The molecule has 0 aliphatic carbocycles. The van der Waals surface area contributed by atoms with Gasteiger partial charge in [0.2, 0.25) is 0 Å². The van der Waals surface area contributed by atoms with Crippen LogP contribution < -0.4 is 10.6 Å². The monoisotopic (exact) mass is 346 g/mol. The summed E-state index contributed by atoms with van der Waals surface area (Å²) in [6, 6.07) is 3.53. The summed E-state index contributed by atoms with van der Waals surface area (Å²) < 4.78 is 0. The Morgan fingerprint density at radius 1 is 1.13 bits per heavy atom. The minimum absolute atomic E-state index is 0.0591. The van der Waals surface area contributed by atoms with E-state index >= 15 is 0 Å². The highest BCUT2D eigenvalue weighted by molar-refractivity contribution is 6.33. The van der Waals surface area contributed by atoms with Crippen molar-refractivity contribution in [2.75, 3.05) is 30.3 Å². The van der Waals surface area contributed by atoms with Crippen molar-refractivity contribution in [2.45, 2.75) is 37.3 Å². The minimum atomic E-state index is -1.63. The third-order valence-electron chi connectivity index (χ3n) is 4.15. The number of nitrogens with zero attached hydrogens (tertiary/aromatic N) is 1. The van der Waals surface area contributed by atoms with Gasteiger partial charge in [0.1, 0.15) is 18.3 Å². The number of nitrogen functional groups attached to an aromatic ring is 1. The van der Waals surface area contributed by atoms with Gasteiger partial charge in [0.05, 0.1) is 23.4 Å². The lowest BCUT2D eigenvalue weighted by Gasteiger charge is -2.35. The number of hydrogen-bond donors (Lipinski definition) is 6. The van der Waals surface area contributed by atoms with Crippen LogP contribution in [0, 0.1) is 0 Å². The summed E-state index contributed by atoms with van der Waals surface area (Å²) in [6.07, 6.45) is -4.31. The molecule has 0 amide bonds. The van der Waals surface area contributed by atoms with E-state index in [-0.39, 0.29) is 6.54 Å². The predicted molar refractivity (Wildman–Crippen MR) is 87.5 cm³/mol. The summed E-state index contributed by atoms with van der Waals surface area (Å²) >= 11 is 6.06. The first kappa shape index (κ1) is 18.3. The Labute approximate surface area is 139 Å². The Bertz CT molecular complexity index is 545. The van der Waals surface area contributed by atoms with E-state index in [0.29, 0.717) is 17.3 Å². The fourth-order valence-electron chi connectivity index (χ4n) is 2.79. The van der Waals surface area contributed by atoms with Crippen LogP contribution in [0.2, 0.25) is 5.02 Å². The van der Waals surface area contributed by atoms with Crippen molar-refractivity contribution in [1.82, 2.24) is 0 Å². The summed E-state index contributed by atoms with van der Waals surface area (Å²) in [5.41, 5.74) is 8.14. The first-order chi connectivity index (χ1) is 10.8. The fourth-order valence-corrected chi connectivity index (χ4v) is 2.95. The zero-order valence-corrected chi connectivity index (χ0v) is 13.4. The van der Waals surface area contributed by atoms with Crippen molar-refractivity contribution in [3.05, 3.63) is 22.7 Å². The quantitative estimate of drug-likeness (QED) is 0.368. The topological polar surface area (TPSA) is 130 Å². The van der Waals surface area contributed by atoms with Gasteiger partial charge >= 0.3 is 0 Å². The molecule has 130 valence electrons. The lowest BCUT2D eigenvalue weighted by atomic mass is 9.98. The highest BCUT2D eigenvalue weighted by atomic mass is 35.5. The molecule has 7 N–H and O–H groups in total. The number of aryl methyl sites for hydroxylation is 1. The van der Waals surface area contributed by atoms with Crippen LogP contribution in [-0.2, 0) is 6.42 Å². The predicted octanol–water partition coefficient (Wildman–Crippen LogP) is -0.889. The van der Waals surface area contributed by atoms with Crippen LogP contribution in [-0.4, -0.2) is 69.6 Å². The molecule has 7 nitrogen and oxygen atoms in total. The zero-order chi connectivity index (χ0) is 17.1. The van der Waals surface area contributed by atoms with Gasteiger partial charge in [-0.25, -0.2) is 0 Å². The Balaban J connectivity index is 2.11. The minimum Gasteiger partial charge on any atom is -0.398 e. The molecule has 8 heteroatoms. The molecular formula is C15H23ClN2O5. The number of hydrogen-bond acceptors (Lipinski definition) is 7. The molecule has 2 rings (SSSR count). The molecule has 0 aromatic heterocycles. The standard InChI is InChI=1S/C15H23ClN2O5/c16-9-5-11-8(4-10(9)17)2-1-3-18(11)6-12(20)14(22)15(23)13(21)7-19/h4-5,12-15,19-23H,1-3,6-7,17H2. The maximum Gasteiger partial charge on any atom is 0.111 e. The van der Waals surface area contributed by atoms with Crippen molar-refractivity contribution in [2.24, 2.45) is 0 Å². The average molecular weight is 347 g/mol. The van der Waals surface area contributed by atoms with Crippen molar-refractivity contribution in [3.8, 4) is 0 Å². The number of β-amino-alcohol motifs (C(OH)–C–C–N with tert-alkyl or cyclic N) is 1. The smallest absolute Gasteiger partial charge is 0.111 e. The average Bonchev–Trinajstić information content (AvgIpc) is 2.54. The molecule has 0 fully saturated rings. The van der Waals surface area contributed by atoms with Crippen LogP contribution >= 0.6 is 11.6 Å². The lowest BCUT2D eigenvalue weighted by molar-refractivity contribution is -0.112. The highest BCUT2D eigenvalue weighted by Gasteiger charge is 2.32. The van der Waals surface area contributed by atoms with E-state index in [2.05, 4.69) is 0 Å². The Morgan fingerprint density at radius 2 is 1.78 bits per heavy atom. The van der Waals surface area contributed by atoms with Crippen molar-refractivity contribution in [1.29, 1.82) is 0 Å². The van der Waals surface area contributed by atoms with Gasteiger partial charge in [0.15, 0.2) is 0 Å². The molecule has 4 unspecified atom stereocenters. The Morgan fingerprint density at radius 3 is 2.43 bits per heavy atom. The molecule has 23 heavy (non-hydrogen) atoms. The van der Waals surface area contributed by atoms with Crippen LogP contribution in [0.3, 0.4) is 0 Å². The third kappa shape index (κ3) is 4.06. The summed E-state index contributed by atoms with van der Waals surface area (Å²) in [4.78, 5) is 1.86. The Kier molecular flexibility index (Phi) is 6.07. The van der Waals surface area contributed by atoms with Crippen molar-refractivity contribution < 1.29 is 25.5 Å². The zero-order valence-electron chi connectivity index (χ0n) is 12.6. The second-order valence-corrected chi connectivity index (χ2v) is 6.26. The molecule has 0 radical (unpaired) electrons. The molecule has 4 atom stereocenters. The van der Waals surface area contributed by atoms with E-state index in [9.17, 15) is 20.4 Å². The van der Waals surface area contributed by atoms with E-state index in [4.69, 9.17) is 22.4 Å². The molecule has 0 saturated carbocycles. The van der Waals surface area contributed by atoms with Crippen LogP contribution in [0.4, 0.5) is 11.4 Å². The number of aliphatic hydroxyl groups is 5. The number of benzene rings is 1. The van der Waals surface area contributed by atoms with Gasteiger partial charge in [-0.1, -0.05) is 11.6 Å². The van der Waals surface area contributed by atoms with E-state index in [1.807, 2.05) is 4.90 Å². The number of halogens is 1. The molecule has 0 saturated heterocycles. The number of aliphatic hydroxyl groups excluding tert-OH is 5.